The topological polar surface area (TPSA) is 18.5 Å². The Hall–Kier alpha value is -0.320. The maximum absolute atomic E-state index is 6.42. The quantitative estimate of drug-likeness (QED) is 0.921. The van der Waals surface area contributed by atoms with Crippen LogP contribution in [0.5, 0.6) is 0 Å². The Bertz CT molecular complexity index is 453. The number of nitrogens with one attached hydrogen (secondary N) is 1. The van der Waals surface area contributed by atoms with E-state index in [1.54, 1.807) is 0 Å². The van der Waals surface area contributed by atoms with Crippen LogP contribution in [0, 0.1) is 0 Å². The molecule has 0 radical (unpaired) electrons. The monoisotopic (exact) mass is 315 g/mol. The lowest BCUT2D eigenvalue weighted by molar-refractivity contribution is 0.0881. The van der Waals surface area contributed by atoms with Crippen LogP contribution in [0.1, 0.15) is 18.5 Å². The zero-order chi connectivity index (χ0) is 14.7. The molecule has 0 spiro atoms. The van der Waals surface area contributed by atoms with Gasteiger partial charge in [0.1, 0.15) is 0 Å². The molecular formula is C15H23Cl2N3. The molecule has 1 aromatic rings. The van der Waals surface area contributed by atoms with Gasteiger partial charge in [-0.05, 0) is 32.3 Å². The standard InChI is InChI=1S/C15H23Cl2N3/c1-4-18-15(11-6-5-7-12(16)14(11)17)13-10-19(2)8-9-20(13)3/h5-7,13,15,18H,4,8-10H2,1-3H3. The van der Waals surface area contributed by atoms with E-state index < -0.39 is 0 Å². The van der Waals surface area contributed by atoms with Crippen molar-refractivity contribution in [2.24, 2.45) is 0 Å². The number of benzene rings is 1. The van der Waals surface area contributed by atoms with Crippen LogP contribution in [0.4, 0.5) is 0 Å². The third kappa shape index (κ3) is 3.46. The van der Waals surface area contributed by atoms with Gasteiger partial charge < -0.3 is 10.2 Å². The van der Waals surface area contributed by atoms with Crippen LogP contribution in [0.3, 0.4) is 0 Å². The summed E-state index contributed by atoms with van der Waals surface area (Å²) < 4.78 is 0. The van der Waals surface area contributed by atoms with Crippen molar-refractivity contribution in [2.45, 2.75) is 19.0 Å². The van der Waals surface area contributed by atoms with Crippen molar-refractivity contribution in [1.29, 1.82) is 0 Å². The Morgan fingerprint density at radius 3 is 2.75 bits per heavy atom. The summed E-state index contributed by atoms with van der Waals surface area (Å²) in [4.78, 5) is 4.78. The van der Waals surface area contributed by atoms with Crippen molar-refractivity contribution in [3.05, 3.63) is 33.8 Å². The van der Waals surface area contributed by atoms with Crippen molar-refractivity contribution in [3.8, 4) is 0 Å². The molecule has 1 N–H and O–H groups in total. The Balaban J connectivity index is 2.32. The van der Waals surface area contributed by atoms with Gasteiger partial charge in [-0.15, -0.1) is 0 Å². The molecule has 1 heterocycles. The molecule has 1 aromatic carbocycles. The smallest absolute Gasteiger partial charge is 0.0640 e. The third-order valence-corrected chi connectivity index (χ3v) is 4.86. The first-order valence-electron chi connectivity index (χ1n) is 7.10. The minimum absolute atomic E-state index is 0.193. The highest BCUT2D eigenvalue weighted by atomic mass is 35.5. The average molecular weight is 316 g/mol. The summed E-state index contributed by atoms with van der Waals surface area (Å²) in [5.74, 6) is 0. The Morgan fingerprint density at radius 2 is 2.05 bits per heavy atom. The lowest BCUT2D eigenvalue weighted by Crippen LogP contribution is -2.55. The van der Waals surface area contributed by atoms with Gasteiger partial charge in [0, 0.05) is 25.7 Å². The van der Waals surface area contributed by atoms with Gasteiger partial charge in [0.25, 0.3) is 0 Å². The van der Waals surface area contributed by atoms with Crippen molar-refractivity contribution in [3.63, 3.8) is 0 Å². The predicted octanol–water partition coefficient (Wildman–Crippen LogP) is 2.89. The number of piperazine rings is 1. The molecular weight excluding hydrogens is 293 g/mol. The molecule has 2 rings (SSSR count). The zero-order valence-electron chi connectivity index (χ0n) is 12.4. The molecule has 0 saturated carbocycles. The first-order valence-corrected chi connectivity index (χ1v) is 7.86. The summed E-state index contributed by atoms with van der Waals surface area (Å²) in [6.45, 7) is 6.23. The highest BCUT2D eigenvalue weighted by Crippen LogP contribution is 2.33. The molecule has 2 unspecified atom stereocenters. The molecule has 3 nitrogen and oxygen atoms in total. The number of rotatable bonds is 4. The number of hydrogen-bond acceptors (Lipinski definition) is 3. The van der Waals surface area contributed by atoms with E-state index in [9.17, 15) is 0 Å². The minimum Gasteiger partial charge on any atom is -0.309 e. The Kier molecular flexibility index (Phi) is 5.70. The Morgan fingerprint density at radius 1 is 1.30 bits per heavy atom. The van der Waals surface area contributed by atoms with E-state index in [2.05, 4.69) is 42.2 Å². The summed E-state index contributed by atoms with van der Waals surface area (Å²) in [7, 11) is 4.35. The van der Waals surface area contributed by atoms with Crippen molar-refractivity contribution in [2.75, 3.05) is 40.3 Å². The molecule has 5 heteroatoms. The molecule has 0 aromatic heterocycles. The van der Waals surface area contributed by atoms with Crippen molar-refractivity contribution in [1.82, 2.24) is 15.1 Å². The highest BCUT2D eigenvalue weighted by Gasteiger charge is 2.31. The number of halogens is 2. The van der Waals surface area contributed by atoms with Crippen molar-refractivity contribution < 1.29 is 0 Å². The number of nitrogens with zero attached hydrogens (tertiary/aromatic N) is 2. The maximum atomic E-state index is 6.42. The van der Waals surface area contributed by atoms with Gasteiger partial charge in [0.05, 0.1) is 16.1 Å². The normalized spacial score (nSPS) is 22.9. The van der Waals surface area contributed by atoms with Crippen LogP contribution >= 0.6 is 23.2 Å². The molecule has 1 aliphatic rings. The largest absolute Gasteiger partial charge is 0.309 e. The lowest BCUT2D eigenvalue weighted by atomic mass is 9.96. The second-order valence-electron chi connectivity index (χ2n) is 5.49. The molecule has 20 heavy (non-hydrogen) atoms. The van der Waals surface area contributed by atoms with Gasteiger partial charge in [-0.25, -0.2) is 0 Å². The zero-order valence-corrected chi connectivity index (χ0v) is 13.9. The van der Waals surface area contributed by atoms with Crippen LogP contribution < -0.4 is 5.32 Å². The van der Waals surface area contributed by atoms with E-state index in [1.807, 2.05) is 12.1 Å². The molecule has 2 atom stereocenters. The van der Waals surface area contributed by atoms with Crippen LogP contribution in [0.2, 0.25) is 10.0 Å². The van der Waals surface area contributed by atoms with E-state index in [-0.39, 0.29) is 6.04 Å². The van der Waals surface area contributed by atoms with Gasteiger partial charge in [0.2, 0.25) is 0 Å². The van der Waals surface area contributed by atoms with E-state index in [0.717, 1.165) is 31.7 Å². The van der Waals surface area contributed by atoms with E-state index in [0.29, 0.717) is 16.1 Å². The van der Waals surface area contributed by atoms with Crippen LogP contribution in [0.15, 0.2) is 18.2 Å². The number of likely N-dealkylation sites (N-methyl/N-ethyl adjacent to an activating group) is 3. The average Bonchev–Trinajstić information content (AvgIpc) is 2.43. The van der Waals surface area contributed by atoms with Gasteiger partial charge in [-0.1, -0.05) is 42.3 Å². The first-order chi connectivity index (χ1) is 9.54. The molecule has 0 bridgehead atoms. The minimum atomic E-state index is 0.193. The van der Waals surface area contributed by atoms with E-state index in [4.69, 9.17) is 23.2 Å². The fraction of sp³-hybridized carbons (Fsp3) is 0.600. The fourth-order valence-corrected chi connectivity index (χ4v) is 3.26. The molecule has 1 fully saturated rings. The summed E-state index contributed by atoms with van der Waals surface area (Å²) in [6.07, 6.45) is 0. The summed E-state index contributed by atoms with van der Waals surface area (Å²) in [6, 6.07) is 6.47. The molecule has 0 aliphatic carbocycles. The van der Waals surface area contributed by atoms with E-state index >= 15 is 0 Å². The molecule has 112 valence electrons. The Labute approximate surface area is 131 Å². The summed E-state index contributed by atoms with van der Waals surface area (Å²) >= 11 is 12.6. The third-order valence-electron chi connectivity index (χ3n) is 4.02. The molecule has 1 saturated heterocycles. The first kappa shape index (κ1) is 16.1. The van der Waals surface area contributed by atoms with Gasteiger partial charge in [-0.2, -0.15) is 0 Å². The van der Waals surface area contributed by atoms with Gasteiger partial charge in [0.15, 0.2) is 0 Å². The SMILES string of the molecule is CCNC(c1cccc(Cl)c1Cl)C1CN(C)CCN1C. The number of hydrogen-bond donors (Lipinski definition) is 1. The second kappa shape index (κ2) is 7.10. The highest BCUT2D eigenvalue weighted by molar-refractivity contribution is 6.42. The fourth-order valence-electron chi connectivity index (χ4n) is 2.84. The van der Waals surface area contributed by atoms with Crippen molar-refractivity contribution >= 4 is 23.2 Å². The predicted molar refractivity (Wildman–Crippen MR) is 86.8 cm³/mol. The summed E-state index contributed by atoms with van der Waals surface area (Å²) in [5, 5.41) is 4.87. The van der Waals surface area contributed by atoms with Gasteiger partial charge >= 0.3 is 0 Å². The van der Waals surface area contributed by atoms with Crippen LogP contribution in [0.25, 0.3) is 0 Å². The van der Waals surface area contributed by atoms with E-state index in [1.165, 1.54) is 0 Å². The maximum Gasteiger partial charge on any atom is 0.0640 e. The second-order valence-corrected chi connectivity index (χ2v) is 6.27. The lowest BCUT2D eigenvalue weighted by Gasteiger charge is -2.42. The van der Waals surface area contributed by atoms with Crippen LogP contribution in [-0.4, -0.2) is 56.1 Å². The van der Waals surface area contributed by atoms with Gasteiger partial charge in [-0.3, -0.25) is 4.90 Å². The molecule has 0 amide bonds. The summed E-state index contributed by atoms with van der Waals surface area (Å²) in [5.41, 5.74) is 1.09. The molecule has 1 aliphatic heterocycles. The van der Waals surface area contributed by atoms with Crippen LogP contribution in [-0.2, 0) is 0 Å².